The Hall–Kier alpha value is -1.28. The first-order valence-corrected chi connectivity index (χ1v) is 9.59. The lowest BCUT2D eigenvalue weighted by Crippen LogP contribution is -2.50. The highest BCUT2D eigenvalue weighted by atomic mass is 32.1. The lowest BCUT2D eigenvalue weighted by atomic mass is 9.80. The van der Waals surface area contributed by atoms with Crippen LogP contribution in [-0.2, 0) is 17.8 Å². The summed E-state index contributed by atoms with van der Waals surface area (Å²) in [6.45, 7) is 7.99. The number of thiophene rings is 1. The number of hydrogen-bond acceptors (Lipinski definition) is 6. The molecule has 2 aromatic heterocycles. The molecule has 2 saturated heterocycles. The van der Waals surface area contributed by atoms with Gasteiger partial charge in [0.1, 0.15) is 0 Å². The highest BCUT2D eigenvalue weighted by Gasteiger charge is 2.38. The normalized spacial score (nSPS) is 26.7. The van der Waals surface area contributed by atoms with Crippen LogP contribution in [0.1, 0.15) is 23.4 Å². The average Bonchev–Trinajstić information content (AvgIpc) is 3.22. The Bertz CT molecular complexity index is 617. The van der Waals surface area contributed by atoms with Gasteiger partial charge in [-0.2, -0.15) is 15.4 Å². The number of hydrogen-bond donors (Lipinski definition) is 1. The monoisotopic (exact) mass is 347 g/mol. The Labute approximate surface area is 146 Å². The van der Waals surface area contributed by atoms with Crippen LogP contribution in [0.3, 0.4) is 0 Å². The zero-order chi connectivity index (χ0) is 16.2. The lowest BCUT2D eigenvalue weighted by molar-refractivity contribution is 0.00272. The summed E-state index contributed by atoms with van der Waals surface area (Å²) in [6, 6.07) is 4.39. The minimum atomic E-state index is 0.246. The third-order valence-electron chi connectivity index (χ3n) is 5.07. The van der Waals surface area contributed by atoms with Crippen molar-refractivity contribution in [3.63, 3.8) is 0 Å². The summed E-state index contributed by atoms with van der Waals surface area (Å²) in [4.78, 5) is 6.55. The molecule has 4 rings (SSSR count). The molecule has 0 amide bonds. The fourth-order valence-corrected chi connectivity index (χ4v) is 4.81. The van der Waals surface area contributed by atoms with Crippen molar-refractivity contribution in [2.75, 3.05) is 39.4 Å². The zero-order valence-electron chi connectivity index (χ0n) is 14.0. The molecular formula is C17H25N5OS. The molecule has 2 aromatic rings. The molecule has 2 aliphatic rings. The molecule has 2 aliphatic heterocycles. The second-order valence-corrected chi connectivity index (χ2v) is 8.15. The number of piperidine rings is 1. The molecule has 7 heteroatoms. The van der Waals surface area contributed by atoms with Crippen molar-refractivity contribution in [1.82, 2.24) is 25.2 Å². The molecule has 6 nitrogen and oxygen atoms in total. The summed E-state index contributed by atoms with van der Waals surface area (Å²) in [5, 5.41) is 13.0. The summed E-state index contributed by atoms with van der Waals surface area (Å²) < 4.78 is 6.01. The maximum Gasteiger partial charge on any atom is 0.0964 e. The van der Waals surface area contributed by atoms with Gasteiger partial charge in [0.25, 0.3) is 0 Å². The van der Waals surface area contributed by atoms with E-state index >= 15 is 0 Å². The maximum absolute atomic E-state index is 6.01. The number of aromatic amines is 1. The fraction of sp³-hybridized carbons (Fsp3) is 0.647. The molecule has 4 heterocycles. The smallest absolute Gasteiger partial charge is 0.0964 e. The third-order valence-corrected chi connectivity index (χ3v) is 5.93. The quantitative estimate of drug-likeness (QED) is 0.916. The summed E-state index contributed by atoms with van der Waals surface area (Å²) in [6.07, 6.45) is 4.33. The van der Waals surface area contributed by atoms with Crippen molar-refractivity contribution in [3.8, 4) is 0 Å². The van der Waals surface area contributed by atoms with E-state index in [1.165, 1.54) is 24.3 Å². The molecule has 0 aromatic carbocycles. The molecular weight excluding hydrogens is 322 g/mol. The van der Waals surface area contributed by atoms with E-state index in [1.807, 2.05) is 17.5 Å². The minimum absolute atomic E-state index is 0.246. The van der Waals surface area contributed by atoms with Gasteiger partial charge in [0.05, 0.1) is 25.1 Å². The van der Waals surface area contributed by atoms with Gasteiger partial charge < -0.3 is 4.74 Å². The van der Waals surface area contributed by atoms with Crippen molar-refractivity contribution < 1.29 is 4.74 Å². The molecule has 1 N–H and O–H groups in total. The lowest BCUT2D eigenvalue weighted by Gasteiger charge is -2.43. The van der Waals surface area contributed by atoms with Crippen LogP contribution in [0.5, 0.6) is 0 Å². The second kappa shape index (κ2) is 7.31. The van der Waals surface area contributed by atoms with Gasteiger partial charge >= 0.3 is 0 Å². The van der Waals surface area contributed by atoms with Crippen LogP contribution in [0.25, 0.3) is 0 Å². The molecule has 0 unspecified atom stereocenters. The van der Waals surface area contributed by atoms with E-state index < -0.39 is 0 Å². The summed E-state index contributed by atoms with van der Waals surface area (Å²) in [5.41, 5.74) is 1.26. The van der Waals surface area contributed by atoms with Crippen LogP contribution in [0, 0.1) is 5.41 Å². The molecule has 130 valence electrons. The Balaban J connectivity index is 1.43. The predicted molar refractivity (Wildman–Crippen MR) is 93.7 cm³/mol. The first-order chi connectivity index (χ1) is 11.8. The number of nitrogens with zero attached hydrogens (tertiary/aromatic N) is 4. The average molecular weight is 347 g/mol. The van der Waals surface area contributed by atoms with E-state index in [-0.39, 0.29) is 5.41 Å². The summed E-state index contributed by atoms with van der Waals surface area (Å²) >= 11 is 1.86. The van der Waals surface area contributed by atoms with E-state index in [1.54, 1.807) is 0 Å². The highest BCUT2D eigenvalue weighted by Crippen LogP contribution is 2.34. The van der Waals surface area contributed by atoms with Crippen molar-refractivity contribution in [2.24, 2.45) is 5.41 Å². The van der Waals surface area contributed by atoms with Crippen molar-refractivity contribution in [3.05, 3.63) is 34.3 Å². The van der Waals surface area contributed by atoms with Gasteiger partial charge in [-0.1, -0.05) is 6.07 Å². The van der Waals surface area contributed by atoms with Gasteiger partial charge in [-0.15, -0.1) is 11.3 Å². The first kappa shape index (κ1) is 16.2. The van der Waals surface area contributed by atoms with Crippen LogP contribution >= 0.6 is 11.3 Å². The van der Waals surface area contributed by atoms with Crippen LogP contribution in [-0.4, -0.2) is 64.6 Å². The van der Waals surface area contributed by atoms with Gasteiger partial charge in [0.2, 0.25) is 0 Å². The standard InChI is InChI=1S/C17H25N5OS/c1-3-16(24-8-1)11-21-5-2-4-17(12-21)13-22(6-7-23-14-17)10-15-9-18-20-19-15/h1,3,8-9H,2,4-7,10-14H2,(H,18,19,20)/t17-/m0/s1. The van der Waals surface area contributed by atoms with E-state index in [0.29, 0.717) is 0 Å². The van der Waals surface area contributed by atoms with E-state index in [4.69, 9.17) is 4.74 Å². The molecule has 24 heavy (non-hydrogen) atoms. The molecule has 0 radical (unpaired) electrons. The molecule has 0 saturated carbocycles. The number of rotatable bonds is 4. The molecule has 1 atom stereocenters. The number of likely N-dealkylation sites (tertiary alicyclic amines) is 1. The highest BCUT2D eigenvalue weighted by molar-refractivity contribution is 7.09. The second-order valence-electron chi connectivity index (χ2n) is 7.12. The Morgan fingerprint density at radius 1 is 1.25 bits per heavy atom. The number of H-pyrrole nitrogens is 1. The molecule has 2 fully saturated rings. The topological polar surface area (TPSA) is 57.3 Å². The van der Waals surface area contributed by atoms with Gasteiger partial charge in [0.15, 0.2) is 0 Å². The number of nitrogens with one attached hydrogen (secondary N) is 1. The molecule has 0 bridgehead atoms. The Morgan fingerprint density at radius 3 is 2.96 bits per heavy atom. The van der Waals surface area contributed by atoms with Gasteiger partial charge in [-0.05, 0) is 30.8 Å². The Kier molecular flexibility index (Phi) is 4.93. The van der Waals surface area contributed by atoms with Crippen LogP contribution in [0.4, 0.5) is 0 Å². The third kappa shape index (κ3) is 3.85. The summed E-state index contributed by atoms with van der Waals surface area (Å²) in [7, 11) is 0. The summed E-state index contributed by atoms with van der Waals surface area (Å²) in [5.74, 6) is 0. The van der Waals surface area contributed by atoms with Crippen molar-refractivity contribution in [1.29, 1.82) is 0 Å². The SMILES string of the molecule is c1csc(CN2CCC[C@]3(COCCN(Cc4cn[nH]n4)C3)C2)c1. The van der Waals surface area contributed by atoms with Crippen molar-refractivity contribution >= 4 is 11.3 Å². The zero-order valence-corrected chi connectivity index (χ0v) is 14.8. The number of aromatic nitrogens is 3. The fourth-order valence-electron chi connectivity index (χ4n) is 4.06. The first-order valence-electron chi connectivity index (χ1n) is 8.71. The molecule has 0 aliphatic carbocycles. The minimum Gasteiger partial charge on any atom is -0.379 e. The van der Waals surface area contributed by atoms with Crippen LogP contribution in [0.2, 0.25) is 0 Å². The number of ether oxygens (including phenoxy) is 1. The largest absolute Gasteiger partial charge is 0.379 e. The van der Waals surface area contributed by atoms with Gasteiger partial charge in [-0.3, -0.25) is 9.80 Å². The van der Waals surface area contributed by atoms with E-state index in [0.717, 1.165) is 51.6 Å². The Morgan fingerprint density at radius 2 is 2.17 bits per heavy atom. The van der Waals surface area contributed by atoms with E-state index in [2.05, 4.69) is 42.7 Å². The van der Waals surface area contributed by atoms with Crippen LogP contribution < -0.4 is 0 Å². The predicted octanol–water partition coefficient (Wildman–Crippen LogP) is 1.98. The van der Waals surface area contributed by atoms with Gasteiger partial charge in [-0.25, -0.2) is 0 Å². The van der Waals surface area contributed by atoms with E-state index in [9.17, 15) is 0 Å². The molecule has 1 spiro atoms. The van der Waals surface area contributed by atoms with Gasteiger partial charge in [0, 0.05) is 43.0 Å². The van der Waals surface area contributed by atoms with Crippen molar-refractivity contribution in [2.45, 2.75) is 25.9 Å². The maximum atomic E-state index is 6.01. The van der Waals surface area contributed by atoms with Crippen LogP contribution in [0.15, 0.2) is 23.7 Å².